The fraction of sp³-hybridized carbons (Fsp3) is 0.263. The number of nitriles is 1. The van der Waals surface area contributed by atoms with E-state index >= 15 is 0 Å². The van der Waals surface area contributed by atoms with Gasteiger partial charge in [0.15, 0.2) is 0 Å². The summed E-state index contributed by atoms with van der Waals surface area (Å²) in [6.07, 6.45) is 3.17. The number of hydrogen-bond acceptors (Lipinski definition) is 6. The van der Waals surface area contributed by atoms with Crippen LogP contribution in [-0.4, -0.2) is 40.7 Å². The van der Waals surface area contributed by atoms with Gasteiger partial charge in [-0.1, -0.05) is 0 Å². The van der Waals surface area contributed by atoms with E-state index in [1.165, 1.54) is 4.57 Å². The lowest BCUT2D eigenvalue weighted by molar-refractivity contribution is 0.647. The topological polar surface area (TPSA) is 78.1 Å². The van der Waals surface area contributed by atoms with Gasteiger partial charge in [0.25, 0.3) is 5.56 Å². The maximum atomic E-state index is 12.1. The Hall–Kier alpha value is -3.40. The van der Waals surface area contributed by atoms with Crippen LogP contribution in [0.2, 0.25) is 0 Å². The van der Waals surface area contributed by atoms with Crippen molar-refractivity contribution in [3.05, 3.63) is 58.8 Å². The zero-order chi connectivity index (χ0) is 18.1. The molecule has 1 aliphatic rings. The van der Waals surface area contributed by atoms with Crippen LogP contribution >= 0.6 is 0 Å². The normalized spacial score (nSPS) is 14.5. The van der Waals surface area contributed by atoms with Crippen LogP contribution in [-0.2, 0) is 7.05 Å². The molecule has 130 valence electrons. The van der Waals surface area contributed by atoms with E-state index in [4.69, 9.17) is 5.26 Å². The van der Waals surface area contributed by atoms with Gasteiger partial charge in [-0.3, -0.25) is 4.79 Å². The Morgan fingerprint density at radius 1 is 1.04 bits per heavy atom. The molecule has 1 aromatic carbocycles. The van der Waals surface area contributed by atoms with Crippen molar-refractivity contribution in [1.82, 2.24) is 14.5 Å². The minimum atomic E-state index is -0.0294. The third-order valence-electron chi connectivity index (χ3n) is 4.75. The molecule has 0 radical (unpaired) electrons. The number of rotatable bonds is 2. The molecule has 1 aliphatic heterocycles. The van der Waals surface area contributed by atoms with Gasteiger partial charge < -0.3 is 14.4 Å². The molecule has 0 bridgehead atoms. The average Bonchev–Trinajstić information content (AvgIpc) is 2.71. The third kappa shape index (κ3) is 2.86. The van der Waals surface area contributed by atoms with Crippen molar-refractivity contribution in [2.24, 2.45) is 7.05 Å². The highest BCUT2D eigenvalue weighted by molar-refractivity contribution is 5.81. The van der Waals surface area contributed by atoms with Gasteiger partial charge >= 0.3 is 0 Å². The highest BCUT2D eigenvalue weighted by Crippen LogP contribution is 2.22. The standard InChI is InChI=1S/C19H18N6O/c1-23-13-22-17-10-15(3-4-16(17)19(23)26)24-6-8-25(9-7-24)18-5-2-14(11-20)12-21-18/h2-5,10,12-13H,6-9H2,1H3. The molecule has 3 aromatic rings. The highest BCUT2D eigenvalue weighted by Gasteiger charge is 2.19. The van der Waals surface area contributed by atoms with Crippen molar-refractivity contribution in [3.63, 3.8) is 0 Å². The summed E-state index contributed by atoms with van der Waals surface area (Å²) < 4.78 is 1.49. The molecule has 0 amide bonds. The van der Waals surface area contributed by atoms with Crippen LogP contribution < -0.4 is 15.4 Å². The van der Waals surface area contributed by atoms with Crippen LogP contribution in [0, 0.1) is 11.3 Å². The first-order chi connectivity index (χ1) is 12.7. The number of aromatic nitrogens is 3. The van der Waals surface area contributed by atoms with Gasteiger partial charge in [0.1, 0.15) is 11.9 Å². The number of fused-ring (bicyclic) bond motifs is 1. The first-order valence-electron chi connectivity index (χ1n) is 8.47. The van der Waals surface area contributed by atoms with E-state index in [1.807, 2.05) is 24.3 Å². The predicted molar refractivity (Wildman–Crippen MR) is 100 cm³/mol. The molecular weight excluding hydrogens is 328 g/mol. The van der Waals surface area contributed by atoms with Crippen molar-refractivity contribution in [2.45, 2.75) is 0 Å². The Kier molecular flexibility index (Phi) is 4.01. The lowest BCUT2D eigenvalue weighted by Gasteiger charge is -2.36. The van der Waals surface area contributed by atoms with Crippen LogP contribution in [0.5, 0.6) is 0 Å². The Balaban J connectivity index is 1.51. The predicted octanol–water partition coefficient (Wildman–Crippen LogP) is 1.53. The fourth-order valence-electron chi connectivity index (χ4n) is 3.23. The summed E-state index contributed by atoms with van der Waals surface area (Å²) >= 11 is 0. The van der Waals surface area contributed by atoms with E-state index in [0.717, 1.165) is 43.2 Å². The molecule has 0 aliphatic carbocycles. The summed E-state index contributed by atoms with van der Waals surface area (Å²) in [4.78, 5) is 25.4. The van der Waals surface area contributed by atoms with Gasteiger partial charge in [0.05, 0.1) is 22.8 Å². The molecule has 7 heteroatoms. The van der Waals surface area contributed by atoms with E-state index in [-0.39, 0.29) is 5.56 Å². The van der Waals surface area contributed by atoms with E-state index in [9.17, 15) is 4.79 Å². The van der Waals surface area contributed by atoms with Gasteiger partial charge in [0, 0.05) is 45.1 Å². The SMILES string of the molecule is Cn1cnc2cc(N3CCN(c4ccc(C#N)cn4)CC3)ccc2c1=O. The van der Waals surface area contributed by atoms with E-state index in [2.05, 4.69) is 25.8 Å². The summed E-state index contributed by atoms with van der Waals surface area (Å²) in [7, 11) is 1.71. The molecule has 7 nitrogen and oxygen atoms in total. The Morgan fingerprint density at radius 3 is 2.50 bits per heavy atom. The Morgan fingerprint density at radius 2 is 1.81 bits per heavy atom. The molecule has 4 rings (SSSR count). The zero-order valence-corrected chi connectivity index (χ0v) is 14.5. The number of hydrogen-bond donors (Lipinski definition) is 0. The maximum absolute atomic E-state index is 12.1. The molecule has 0 unspecified atom stereocenters. The van der Waals surface area contributed by atoms with Crippen molar-refractivity contribution < 1.29 is 0 Å². The molecule has 1 saturated heterocycles. The van der Waals surface area contributed by atoms with Crippen molar-refractivity contribution in [2.75, 3.05) is 36.0 Å². The summed E-state index contributed by atoms with van der Waals surface area (Å²) in [6.45, 7) is 3.41. The fourth-order valence-corrected chi connectivity index (χ4v) is 3.23. The minimum Gasteiger partial charge on any atom is -0.368 e. The monoisotopic (exact) mass is 346 g/mol. The highest BCUT2D eigenvalue weighted by atomic mass is 16.1. The molecule has 1 fully saturated rings. The lowest BCUT2D eigenvalue weighted by atomic mass is 10.2. The number of pyridine rings is 1. The first kappa shape index (κ1) is 16.1. The quantitative estimate of drug-likeness (QED) is 0.700. The summed E-state index contributed by atoms with van der Waals surface area (Å²) in [5.41, 5.74) is 2.34. The maximum Gasteiger partial charge on any atom is 0.260 e. The number of anilines is 2. The van der Waals surface area contributed by atoms with E-state index in [0.29, 0.717) is 10.9 Å². The number of aryl methyl sites for hydroxylation is 1. The van der Waals surface area contributed by atoms with Crippen molar-refractivity contribution in [3.8, 4) is 6.07 Å². The average molecular weight is 346 g/mol. The summed E-state index contributed by atoms with van der Waals surface area (Å²) in [5, 5.41) is 9.51. The van der Waals surface area contributed by atoms with Crippen LogP contribution in [0.1, 0.15) is 5.56 Å². The van der Waals surface area contributed by atoms with Crippen molar-refractivity contribution in [1.29, 1.82) is 5.26 Å². The molecule has 3 heterocycles. The second-order valence-corrected chi connectivity index (χ2v) is 6.35. The molecule has 0 N–H and O–H groups in total. The van der Waals surface area contributed by atoms with Crippen molar-refractivity contribution >= 4 is 22.4 Å². The molecule has 0 saturated carbocycles. The molecule has 26 heavy (non-hydrogen) atoms. The third-order valence-corrected chi connectivity index (χ3v) is 4.75. The summed E-state index contributed by atoms with van der Waals surface area (Å²) in [5.74, 6) is 0.896. The van der Waals surface area contributed by atoms with Gasteiger partial charge in [-0.2, -0.15) is 5.26 Å². The second-order valence-electron chi connectivity index (χ2n) is 6.35. The van der Waals surface area contributed by atoms with Gasteiger partial charge in [-0.15, -0.1) is 0 Å². The van der Waals surface area contributed by atoms with E-state index < -0.39 is 0 Å². The van der Waals surface area contributed by atoms with Crippen LogP contribution in [0.3, 0.4) is 0 Å². The second kappa shape index (κ2) is 6.48. The lowest BCUT2D eigenvalue weighted by Crippen LogP contribution is -2.46. The number of nitrogens with zero attached hydrogens (tertiary/aromatic N) is 6. The van der Waals surface area contributed by atoms with Gasteiger partial charge in [-0.05, 0) is 30.3 Å². The minimum absolute atomic E-state index is 0.0294. The number of piperazine rings is 1. The first-order valence-corrected chi connectivity index (χ1v) is 8.47. The molecule has 0 atom stereocenters. The molecule has 0 spiro atoms. The summed E-state index contributed by atoms with van der Waals surface area (Å²) in [6, 6.07) is 11.6. The smallest absolute Gasteiger partial charge is 0.260 e. The van der Waals surface area contributed by atoms with Crippen LogP contribution in [0.15, 0.2) is 47.7 Å². The van der Waals surface area contributed by atoms with Gasteiger partial charge in [0.2, 0.25) is 0 Å². The van der Waals surface area contributed by atoms with E-state index in [1.54, 1.807) is 25.6 Å². The Bertz CT molecular complexity index is 1040. The van der Waals surface area contributed by atoms with Gasteiger partial charge in [-0.25, -0.2) is 9.97 Å². The zero-order valence-electron chi connectivity index (χ0n) is 14.5. The van der Waals surface area contributed by atoms with Crippen LogP contribution in [0.4, 0.5) is 11.5 Å². The van der Waals surface area contributed by atoms with Crippen LogP contribution in [0.25, 0.3) is 10.9 Å². The Labute approximate surface area is 150 Å². The number of benzene rings is 1. The molecular formula is C19H18N6O. The largest absolute Gasteiger partial charge is 0.368 e. The molecule has 2 aromatic heterocycles.